The van der Waals surface area contributed by atoms with Crippen molar-refractivity contribution in [2.45, 2.75) is 50.7 Å². The molecule has 4 N–H and O–H groups in total. The van der Waals surface area contributed by atoms with Gasteiger partial charge in [0.1, 0.15) is 5.82 Å². The van der Waals surface area contributed by atoms with Gasteiger partial charge in [-0.15, -0.1) is 0 Å². The van der Waals surface area contributed by atoms with E-state index in [-0.39, 0.29) is 12.1 Å². The molecule has 19 heavy (non-hydrogen) atoms. The van der Waals surface area contributed by atoms with Crippen LogP contribution in [-0.2, 0) is 11.2 Å². The van der Waals surface area contributed by atoms with Crippen LogP contribution in [0.4, 0.5) is 5.82 Å². The Bertz CT molecular complexity index is 391. The summed E-state index contributed by atoms with van der Waals surface area (Å²) in [7, 11) is 1.78. The number of nitrogens with two attached hydrogens (primary N) is 2. The van der Waals surface area contributed by atoms with Gasteiger partial charge >= 0.3 is 0 Å². The molecule has 1 fully saturated rings. The van der Waals surface area contributed by atoms with E-state index in [1.54, 1.807) is 13.3 Å². The summed E-state index contributed by atoms with van der Waals surface area (Å²) in [5.41, 5.74) is 13.2. The zero-order valence-electron chi connectivity index (χ0n) is 11.7. The number of hydrogen-bond donors (Lipinski definition) is 2. The van der Waals surface area contributed by atoms with Gasteiger partial charge in [0.05, 0.1) is 6.10 Å². The molecule has 0 radical (unpaired) electrons. The van der Waals surface area contributed by atoms with Crippen molar-refractivity contribution in [3.63, 3.8) is 0 Å². The Morgan fingerprint density at radius 1 is 1.37 bits per heavy atom. The predicted molar refractivity (Wildman–Crippen MR) is 77.7 cm³/mol. The van der Waals surface area contributed by atoms with Gasteiger partial charge in [0, 0.05) is 19.3 Å². The summed E-state index contributed by atoms with van der Waals surface area (Å²) in [6.07, 6.45) is 9.12. The molecule has 0 saturated heterocycles. The molecule has 1 heterocycles. The van der Waals surface area contributed by atoms with Crippen LogP contribution in [0.25, 0.3) is 0 Å². The Kier molecular flexibility index (Phi) is 5.16. The molecule has 1 aromatic heterocycles. The lowest BCUT2D eigenvalue weighted by Gasteiger charge is -2.33. The summed E-state index contributed by atoms with van der Waals surface area (Å²) in [4.78, 5) is 4.01. The van der Waals surface area contributed by atoms with Crippen LogP contribution in [0.1, 0.15) is 37.7 Å². The predicted octanol–water partition coefficient (Wildman–Crippen LogP) is 2.13. The third kappa shape index (κ3) is 3.91. The van der Waals surface area contributed by atoms with Gasteiger partial charge < -0.3 is 16.2 Å². The fourth-order valence-electron chi connectivity index (χ4n) is 3.19. The zero-order chi connectivity index (χ0) is 13.7. The van der Waals surface area contributed by atoms with E-state index in [1.807, 2.05) is 12.1 Å². The highest BCUT2D eigenvalue weighted by atomic mass is 16.5. The van der Waals surface area contributed by atoms with Crippen LogP contribution < -0.4 is 11.5 Å². The summed E-state index contributed by atoms with van der Waals surface area (Å²) in [6, 6.07) is 3.90. The average molecular weight is 263 g/mol. The summed E-state index contributed by atoms with van der Waals surface area (Å²) in [5.74, 6) is 1.16. The van der Waals surface area contributed by atoms with Crippen molar-refractivity contribution in [2.24, 2.45) is 11.7 Å². The number of anilines is 1. The molecule has 0 amide bonds. The normalized spacial score (nSPS) is 20.1. The van der Waals surface area contributed by atoms with E-state index < -0.39 is 0 Å². The van der Waals surface area contributed by atoms with E-state index in [1.165, 1.54) is 32.1 Å². The van der Waals surface area contributed by atoms with Crippen LogP contribution in [-0.4, -0.2) is 24.2 Å². The Labute approximate surface area is 115 Å². The Hall–Kier alpha value is -1.13. The minimum absolute atomic E-state index is 0.0231. The highest BCUT2D eigenvalue weighted by Crippen LogP contribution is 2.29. The third-order valence-electron chi connectivity index (χ3n) is 4.13. The standard InChI is InChI=1S/C15H25N3O/c1-19-15(12-5-3-2-4-6-12)13(16)9-11-7-8-18-14(17)10-11/h7-8,10,12-13,15H,2-6,9,16H2,1H3,(H2,17,18). The maximum absolute atomic E-state index is 6.36. The first kappa shape index (κ1) is 14.3. The van der Waals surface area contributed by atoms with Crippen LogP contribution in [0, 0.1) is 5.92 Å². The first-order valence-electron chi connectivity index (χ1n) is 7.19. The SMILES string of the molecule is COC(C(N)Cc1ccnc(N)c1)C1CCCCC1. The molecule has 0 spiro atoms. The van der Waals surface area contributed by atoms with E-state index in [2.05, 4.69) is 4.98 Å². The van der Waals surface area contributed by atoms with Gasteiger partial charge in [-0.25, -0.2) is 4.98 Å². The van der Waals surface area contributed by atoms with Gasteiger partial charge in [-0.05, 0) is 42.9 Å². The molecule has 0 aromatic carbocycles. The number of aromatic nitrogens is 1. The molecular formula is C15H25N3O. The van der Waals surface area contributed by atoms with Crippen molar-refractivity contribution in [2.75, 3.05) is 12.8 Å². The molecule has 1 saturated carbocycles. The average Bonchev–Trinajstić information content (AvgIpc) is 2.41. The topological polar surface area (TPSA) is 74.2 Å². The van der Waals surface area contributed by atoms with E-state index in [0.717, 1.165) is 12.0 Å². The molecule has 4 heteroatoms. The lowest BCUT2D eigenvalue weighted by atomic mass is 9.81. The van der Waals surface area contributed by atoms with E-state index >= 15 is 0 Å². The maximum Gasteiger partial charge on any atom is 0.123 e. The fourth-order valence-corrected chi connectivity index (χ4v) is 3.19. The van der Waals surface area contributed by atoms with Crippen molar-refractivity contribution in [1.82, 2.24) is 4.98 Å². The van der Waals surface area contributed by atoms with Crippen molar-refractivity contribution in [3.8, 4) is 0 Å². The number of rotatable bonds is 5. The van der Waals surface area contributed by atoms with Gasteiger partial charge in [0.25, 0.3) is 0 Å². The highest BCUT2D eigenvalue weighted by molar-refractivity contribution is 5.32. The largest absolute Gasteiger partial charge is 0.384 e. The lowest BCUT2D eigenvalue weighted by Crippen LogP contribution is -2.43. The number of ether oxygens (including phenoxy) is 1. The lowest BCUT2D eigenvalue weighted by molar-refractivity contribution is 0.0179. The van der Waals surface area contributed by atoms with Crippen molar-refractivity contribution >= 4 is 5.82 Å². The van der Waals surface area contributed by atoms with Crippen molar-refractivity contribution < 1.29 is 4.74 Å². The van der Waals surface area contributed by atoms with E-state index in [9.17, 15) is 0 Å². The molecule has 1 aliphatic carbocycles. The first-order chi connectivity index (χ1) is 9.20. The molecule has 1 aliphatic rings. The zero-order valence-corrected chi connectivity index (χ0v) is 11.7. The van der Waals surface area contributed by atoms with Crippen molar-refractivity contribution in [1.29, 1.82) is 0 Å². The van der Waals surface area contributed by atoms with Crippen molar-refractivity contribution in [3.05, 3.63) is 23.9 Å². The Balaban J connectivity index is 1.97. The molecule has 0 bridgehead atoms. The van der Waals surface area contributed by atoms with Gasteiger partial charge in [-0.2, -0.15) is 0 Å². The summed E-state index contributed by atoms with van der Waals surface area (Å²) in [5, 5.41) is 0. The highest BCUT2D eigenvalue weighted by Gasteiger charge is 2.28. The maximum atomic E-state index is 6.36. The Morgan fingerprint density at radius 3 is 2.74 bits per heavy atom. The van der Waals surface area contributed by atoms with E-state index in [4.69, 9.17) is 16.2 Å². The number of methoxy groups -OCH3 is 1. The van der Waals surface area contributed by atoms with Crippen LogP contribution in [0.5, 0.6) is 0 Å². The first-order valence-corrected chi connectivity index (χ1v) is 7.19. The number of hydrogen-bond acceptors (Lipinski definition) is 4. The summed E-state index contributed by atoms with van der Waals surface area (Å²) in [6.45, 7) is 0. The third-order valence-corrected chi connectivity index (χ3v) is 4.13. The van der Waals surface area contributed by atoms with Gasteiger partial charge in [0.15, 0.2) is 0 Å². The molecule has 2 atom stereocenters. The monoisotopic (exact) mass is 263 g/mol. The van der Waals surface area contributed by atoms with Gasteiger partial charge in [-0.1, -0.05) is 19.3 Å². The van der Waals surface area contributed by atoms with Crippen LogP contribution in [0.2, 0.25) is 0 Å². The minimum Gasteiger partial charge on any atom is -0.384 e. The quantitative estimate of drug-likeness (QED) is 0.853. The molecule has 106 valence electrons. The number of nitrogens with zero attached hydrogens (tertiary/aromatic N) is 1. The smallest absolute Gasteiger partial charge is 0.123 e. The molecular weight excluding hydrogens is 238 g/mol. The van der Waals surface area contributed by atoms with Crippen LogP contribution in [0.3, 0.4) is 0 Å². The fraction of sp³-hybridized carbons (Fsp3) is 0.667. The molecule has 2 unspecified atom stereocenters. The van der Waals surface area contributed by atoms with Gasteiger partial charge in [-0.3, -0.25) is 0 Å². The summed E-state index contributed by atoms with van der Waals surface area (Å²) >= 11 is 0. The van der Waals surface area contributed by atoms with Crippen LogP contribution in [0.15, 0.2) is 18.3 Å². The molecule has 1 aromatic rings. The second kappa shape index (κ2) is 6.87. The van der Waals surface area contributed by atoms with E-state index in [0.29, 0.717) is 11.7 Å². The summed E-state index contributed by atoms with van der Waals surface area (Å²) < 4.78 is 5.68. The second-order valence-electron chi connectivity index (χ2n) is 5.56. The molecule has 0 aliphatic heterocycles. The van der Waals surface area contributed by atoms with Crippen LogP contribution >= 0.6 is 0 Å². The number of pyridine rings is 1. The molecule has 4 nitrogen and oxygen atoms in total. The number of nitrogen functional groups attached to an aromatic ring is 1. The second-order valence-corrected chi connectivity index (χ2v) is 5.56. The van der Waals surface area contributed by atoms with Gasteiger partial charge in [0.2, 0.25) is 0 Å². The minimum atomic E-state index is 0.0231. The molecule has 2 rings (SSSR count). The Morgan fingerprint density at radius 2 is 2.11 bits per heavy atom.